The summed E-state index contributed by atoms with van der Waals surface area (Å²) in [5.74, 6) is 0.605. The Bertz CT molecular complexity index is 1130. The second-order valence-corrected chi connectivity index (χ2v) is 7.75. The number of halogens is 4. The van der Waals surface area contributed by atoms with Crippen LogP contribution in [-0.4, -0.2) is 34.4 Å². The molecular weight excluding hydrogens is 426 g/mol. The molecule has 0 saturated heterocycles. The molecule has 0 amide bonds. The number of fused-ring (bicyclic) bond motifs is 1. The monoisotopic (exact) mass is 449 g/mol. The van der Waals surface area contributed by atoms with Crippen LogP contribution in [0.2, 0.25) is 0 Å². The summed E-state index contributed by atoms with van der Waals surface area (Å²) < 4.78 is 66.3. The van der Waals surface area contributed by atoms with E-state index >= 15 is 0 Å². The van der Waals surface area contributed by atoms with Crippen LogP contribution < -0.4 is 4.74 Å². The molecule has 0 unspecified atom stereocenters. The number of benzene rings is 1. The molecule has 3 heterocycles. The first-order valence-electron chi connectivity index (χ1n) is 10.2. The van der Waals surface area contributed by atoms with Gasteiger partial charge in [0.25, 0.3) is 12.9 Å². The van der Waals surface area contributed by atoms with E-state index < -0.39 is 12.9 Å². The maximum Gasteiger partial charge on any atom is 0.280 e. The molecule has 2 aromatic heterocycles. The molecule has 3 aromatic rings. The summed E-state index contributed by atoms with van der Waals surface area (Å²) in [6.45, 7) is 4.54. The van der Waals surface area contributed by atoms with Gasteiger partial charge in [-0.25, -0.2) is 22.5 Å². The first kappa shape index (κ1) is 22.3. The number of imidazole rings is 1. The minimum atomic E-state index is -2.70. The fraction of sp³-hybridized carbons (Fsp3) is 0.391. The second-order valence-electron chi connectivity index (χ2n) is 7.75. The third kappa shape index (κ3) is 4.21. The zero-order valence-corrected chi connectivity index (χ0v) is 17.9. The topological polar surface area (TPSA) is 49.2 Å². The van der Waals surface area contributed by atoms with Gasteiger partial charge in [0.05, 0.1) is 37.6 Å². The maximum absolute atomic E-state index is 13.4. The lowest BCUT2D eigenvalue weighted by Crippen LogP contribution is -2.15. The number of alkyl halides is 4. The van der Waals surface area contributed by atoms with Gasteiger partial charge < -0.3 is 14.0 Å². The summed E-state index contributed by atoms with van der Waals surface area (Å²) in [5, 5.41) is 0. The average Bonchev–Trinajstić information content (AvgIpc) is 2.99. The Kier molecular flexibility index (Phi) is 6.19. The first-order valence-corrected chi connectivity index (χ1v) is 10.2. The largest absolute Gasteiger partial charge is 0.496 e. The van der Waals surface area contributed by atoms with Crippen molar-refractivity contribution in [2.24, 2.45) is 0 Å². The maximum atomic E-state index is 13.4. The quantitative estimate of drug-likeness (QED) is 0.465. The Morgan fingerprint density at radius 1 is 1.06 bits per heavy atom. The highest BCUT2D eigenvalue weighted by molar-refractivity contribution is 5.70. The van der Waals surface area contributed by atoms with Gasteiger partial charge in [0.2, 0.25) is 0 Å². The zero-order valence-electron chi connectivity index (χ0n) is 17.9. The highest BCUT2D eigenvalue weighted by Crippen LogP contribution is 2.37. The molecule has 5 nitrogen and oxygen atoms in total. The lowest BCUT2D eigenvalue weighted by Gasteiger charge is -2.14. The normalized spacial score (nSPS) is 16.3. The van der Waals surface area contributed by atoms with Gasteiger partial charge in [-0.15, -0.1) is 0 Å². The third-order valence-corrected chi connectivity index (χ3v) is 5.45. The molecule has 0 saturated carbocycles. The number of rotatable bonds is 5. The minimum absolute atomic E-state index is 0.0639. The van der Waals surface area contributed by atoms with Crippen LogP contribution in [0, 0.1) is 6.92 Å². The van der Waals surface area contributed by atoms with Gasteiger partial charge >= 0.3 is 0 Å². The number of ether oxygens (including phenoxy) is 2. The highest BCUT2D eigenvalue weighted by atomic mass is 19.3. The van der Waals surface area contributed by atoms with E-state index in [4.69, 9.17) is 14.5 Å². The number of pyridine rings is 1. The summed E-state index contributed by atoms with van der Waals surface area (Å²) in [6, 6.07) is 7.49. The minimum Gasteiger partial charge on any atom is -0.496 e. The summed E-state index contributed by atoms with van der Waals surface area (Å²) in [4.78, 5) is 8.71. The van der Waals surface area contributed by atoms with E-state index in [1.807, 2.05) is 11.5 Å². The summed E-state index contributed by atoms with van der Waals surface area (Å²) in [7, 11) is 1.34. The van der Waals surface area contributed by atoms with Gasteiger partial charge in [-0.3, -0.25) is 4.98 Å². The molecule has 0 fully saturated rings. The van der Waals surface area contributed by atoms with E-state index in [0.717, 1.165) is 5.69 Å². The second kappa shape index (κ2) is 8.90. The van der Waals surface area contributed by atoms with Gasteiger partial charge in [0, 0.05) is 28.9 Å². The van der Waals surface area contributed by atoms with Gasteiger partial charge in [-0.1, -0.05) is 6.07 Å². The van der Waals surface area contributed by atoms with E-state index in [2.05, 4.69) is 4.98 Å². The Morgan fingerprint density at radius 2 is 1.84 bits per heavy atom. The van der Waals surface area contributed by atoms with Crippen molar-refractivity contribution in [3.8, 4) is 28.4 Å². The van der Waals surface area contributed by atoms with Gasteiger partial charge in [0.15, 0.2) is 0 Å². The molecule has 32 heavy (non-hydrogen) atoms. The lowest BCUT2D eigenvalue weighted by molar-refractivity contribution is 0.0666. The SMILES string of the molecule is COc1cc(-c2nc(-c3cc(C)nc(C(F)F)c3)c3n2C[C@@H](C)OCC3)ccc1C(F)F. The van der Waals surface area contributed by atoms with Crippen molar-refractivity contribution < 1.29 is 27.0 Å². The van der Waals surface area contributed by atoms with Crippen LogP contribution in [0.3, 0.4) is 0 Å². The third-order valence-electron chi connectivity index (χ3n) is 5.45. The van der Waals surface area contributed by atoms with Gasteiger partial charge in [-0.05, 0) is 38.1 Å². The van der Waals surface area contributed by atoms with Crippen molar-refractivity contribution in [2.45, 2.75) is 45.8 Å². The molecule has 1 aromatic carbocycles. The number of methoxy groups -OCH3 is 1. The smallest absolute Gasteiger partial charge is 0.280 e. The van der Waals surface area contributed by atoms with Crippen molar-refractivity contribution >= 4 is 0 Å². The fourth-order valence-electron chi connectivity index (χ4n) is 4.03. The van der Waals surface area contributed by atoms with Crippen LogP contribution in [0.5, 0.6) is 5.75 Å². The fourth-order valence-corrected chi connectivity index (χ4v) is 4.03. The molecule has 0 N–H and O–H groups in total. The van der Waals surface area contributed by atoms with Gasteiger partial charge in [-0.2, -0.15) is 0 Å². The van der Waals surface area contributed by atoms with Crippen molar-refractivity contribution in [3.63, 3.8) is 0 Å². The molecule has 0 radical (unpaired) electrons. The Balaban J connectivity index is 1.91. The van der Waals surface area contributed by atoms with Crippen LogP contribution in [0.15, 0.2) is 30.3 Å². The lowest BCUT2D eigenvalue weighted by atomic mass is 10.1. The van der Waals surface area contributed by atoms with E-state index in [1.54, 1.807) is 19.1 Å². The highest BCUT2D eigenvalue weighted by Gasteiger charge is 2.26. The predicted molar refractivity (Wildman–Crippen MR) is 111 cm³/mol. The summed E-state index contributed by atoms with van der Waals surface area (Å²) >= 11 is 0. The average molecular weight is 449 g/mol. The van der Waals surface area contributed by atoms with Crippen LogP contribution in [-0.2, 0) is 17.7 Å². The number of nitrogens with zero attached hydrogens (tertiary/aromatic N) is 3. The standard InChI is InChI=1S/C23H23F4N3O2/c1-12-8-15(9-17(28-12)22(26)27)20-18-6-7-32-13(2)11-30(18)23(29-20)14-4-5-16(21(24)25)19(10-14)31-3/h4-5,8-10,13,21-22H,6-7,11H2,1-3H3/t13-/m1/s1. The Morgan fingerprint density at radius 3 is 2.53 bits per heavy atom. The van der Waals surface area contributed by atoms with E-state index in [1.165, 1.54) is 25.3 Å². The van der Waals surface area contributed by atoms with Crippen molar-refractivity contribution in [3.05, 3.63) is 53.0 Å². The Hall–Kier alpha value is -2.94. The van der Waals surface area contributed by atoms with Crippen LogP contribution in [0.1, 0.15) is 42.4 Å². The molecule has 0 spiro atoms. The molecular formula is C23H23F4N3O2. The molecule has 0 aliphatic carbocycles. The number of hydrogen-bond acceptors (Lipinski definition) is 4. The van der Waals surface area contributed by atoms with E-state index in [9.17, 15) is 17.6 Å². The van der Waals surface area contributed by atoms with Crippen LogP contribution in [0.4, 0.5) is 17.6 Å². The van der Waals surface area contributed by atoms with Crippen LogP contribution >= 0.6 is 0 Å². The van der Waals surface area contributed by atoms with Crippen molar-refractivity contribution in [1.29, 1.82) is 0 Å². The number of aromatic nitrogens is 3. The summed E-state index contributed by atoms with van der Waals surface area (Å²) in [5.41, 5.74) is 2.46. The summed E-state index contributed by atoms with van der Waals surface area (Å²) in [6.07, 6.45) is -4.95. The molecule has 0 bridgehead atoms. The first-order chi connectivity index (χ1) is 15.3. The van der Waals surface area contributed by atoms with Crippen LogP contribution in [0.25, 0.3) is 22.6 Å². The number of aryl methyl sites for hydroxylation is 1. The molecule has 170 valence electrons. The molecule has 1 atom stereocenters. The van der Waals surface area contributed by atoms with E-state index in [0.29, 0.717) is 47.9 Å². The zero-order chi connectivity index (χ0) is 23.0. The van der Waals surface area contributed by atoms with Crippen molar-refractivity contribution in [1.82, 2.24) is 14.5 Å². The molecule has 9 heteroatoms. The van der Waals surface area contributed by atoms with Gasteiger partial charge in [0.1, 0.15) is 17.3 Å². The van der Waals surface area contributed by atoms with Crippen molar-refractivity contribution in [2.75, 3.05) is 13.7 Å². The van der Waals surface area contributed by atoms with E-state index in [-0.39, 0.29) is 23.1 Å². The molecule has 4 rings (SSSR count). The number of hydrogen-bond donors (Lipinski definition) is 0. The molecule has 1 aliphatic rings. The molecule has 1 aliphatic heterocycles. The Labute approximate surface area is 183 Å². The predicted octanol–water partition coefficient (Wildman–Crippen LogP) is 5.77.